The number of anilines is 2. The number of nitrogen functional groups attached to an aromatic ring is 1. The van der Waals surface area contributed by atoms with Crippen molar-refractivity contribution in [3.8, 4) is 0 Å². The van der Waals surface area contributed by atoms with Crippen molar-refractivity contribution in [3.05, 3.63) is 18.3 Å². The van der Waals surface area contributed by atoms with Gasteiger partial charge >= 0.3 is 0 Å². The lowest BCUT2D eigenvalue weighted by Gasteiger charge is -2.06. The van der Waals surface area contributed by atoms with Gasteiger partial charge in [-0.15, -0.1) is 0 Å². The molecule has 7 nitrogen and oxygen atoms in total. The van der Waals surface area contributed by atoms with Gasteiger partial charge in [-0.1, -0.05) is 0 Å². The zero-order chi connectivity index (χ0) is 11.3. The van der Waals surface area contributed by atoms with E-state index in [9.17, 15) is 8.42 Å². The summed E-state index contributed by atoms with van der Waals surface area (Å²) in [6, 6.07) is 3.35. The van der Waals surface area contributed by atoms with Crippen molar-refractivity contribution in [1.29, 1.82) is 0 Å². The summed E-state index contributed by atoms with van der Waals surface area (Å²) in [6.07, 6.45) is 1.55. The molecule has 0 fully saturated rings. The second-order valence-corrected chi connectivity index (χ2v) is 4.60. The van der Waals surface area contributed by atoms with Crippen molar-refractivity contribution in [3.63, 3.8) is 0 Å². The van der Waals surface area contributed by atoms with Gasteiger partial charge in [0.15, 0.2) is 0 Å². The summed E-state index contributed by atoms with van der Waals surface area (Å²) < 4.78 is 21.3. The van der Waals surface area contributed by atoms with Gasteiger partial charge in [-0.05, 0) is 6.07 Å². The van der Waals surface area contributed by atoms with Crippen molar-refractivity contribution in [2.24, 2.45) is 11.0 Å². The van der Waals surface area contributed by atoms with E-state index >= 15 is 0 Å². The number of sulfonamides is 1. The lowest BCUT2D eigenvalue weighted by atomic mass is 10.4. The molecule has 0 saturated heterocycles. The molecule has 1 rings (SSSR count). The van der Waals surface area contributed by atoms with Crippen LogP contribution >= 0.6 is 0 Å². The van der Waals surface area contributed by atoms with E-state index in [4.69, 9.17) is 11.0 Å². The summed E-state index contributed by atoms with van der Waals surface area (Å²) in [7, 11) is -3.43. The molecular weight excluding hydrogens is 218 g/mol. The Kier molecular flexibility index (Phi) is 3.83. The van der Waals surface area contributed by atoms with E-state index < -0.39 is 10.0 Å². The summed E-state index contributed by atoms with van der Waals surface area (Å²) >= 11 is 0. The fourth-order valence-electron chi connectivity index (χ4n) is 0.957. The molecule has 8 heteroatoms. The molecule has 1 heterocycles. The second kappa shape index (κ2) is 4.91. The van der Waals surface area contributed by atoms with Crippen molar-refractivity contribution in [1.82, 2.24) is 4.98 Å². The molecule has 1 aromatic heterocycles. The van der Waals surface area contributed by atoms with Gasteiger partial charge < -0.3 is 10.7 Å². The Morgan fingerprint density at radius 1 is 1.47 bits per heavy atom. The van der Waals surface area contributed by atoms with Crippen molar-refractivity contribution < 1.29 is 8.42 Å². The molecule has 0 aliphatic rings. The minimum atomic E-state index is -3.43. The Bertz CT molecular complexity index is 419. The number of nitrogens with two attached hydrogens (primary N) is 2. The van der Waals surface area contributed by atoms with Crippen LogP contribution in [0.5, 0.6) is 0 Å². The number of primary sulfonamides is 1. The first-order valence-electron chi connectivity index (χ1n) is 4.18. The Morgan fingerprint density at radius 2 is 2.20 bits per heavy atom. The van der Waals surface area contributed by atoms with Crippen LogP contribution < -0.4 is 21.7 Å². The van der Waals surface area contributed by atoms with Crippen molar-refractivity contribution in [2.75, 3.05) is 23.0 Å². The van der Waals surface area contributed by atoms with Crippen molar-refractivity contribution in [2.45, 2.75) is 0 Å². The van der Waals surface area contributed by atoms with Gasteiger partial charge in [-0.25, -0.2) is 24.4 Å². The Morgan fingerprint density at radius 3 is 2.80 bits per heavy atom. The van der Waals surface area contributed by atoms with Crippen LogP contribution in [-0.2, 0) is 10.0 Å². The smallest absolute Gasteiger partial charge is 0.210 e. The molecule has 6 N–H and O–H groups in total. The van der Waals surface area contributed by atoms with E-state index in [0.29, 0.717) is 5.82 Å². The number of pyridine rings is 1. The lowest BCUT2D eigenvalue weighted by molar-refractivity contribution is 0.598. The molecule has 0 bridgehead atoms. The number of nitrogens with one attached hydrogen (secondary N) is 2. The first-order valence-corrected chi connectivity index (χ1v) is 5.90. The average Bonchev–Trinajstić information content (AvgIpc) is 2.16. The normalized spacial score (nSPS) is 11.1. The molecule has 0 amide bonds. The summed E-state index contributed by atoms with van der Waals surface area (Å²) in [5.74, 6) is 5.53. The third kappa shape index (κ3) is 4.58. The maximum atomic E-state index is 10.6. The Hall–Kier alpha value is -1.38. The topological polar surface area (TPSA) is 123 Å². The van der Waals surface area contributed by atoms with E-state index in [1.165, 1.54) is 0 Å². The fourth-order valence-corrected chi connectivity index (χ4v) is 1.34. The molecule has 0 radical (unpaired) electrons. The van der Waals surface area contributed by atoms with E-state index in [-0.39, 0.29) is 12.3 Å². The van der Waals surface area contributed by atoms with Crippen LogP contribution in [0.1, 0.15) is 0 Å². The summed E-state index contributed by atoms with van der Waals surface area (Å²) in [4.78, 5) is 3.90. The Balaban J connectivity index is 2.51. The Labute approximate surface area is 87.9 Å². The average molecular weight is 231 g/mol. The molecule has 15 heavy (non-hydrogen) atoms. The van der Waals surface area contributed by atoms with E-state index in [1.807, 2.05) is 0 Å². The highest BCUT2D eigenvalue weighted by Gasteiger charge is 2.01. The van der Waals surface area contributed by atoms with Crippen LogP contribution in [0.25, 0.3) is 0 Å². The molecule has 0 aliphatic heterocycles. The van der Waals surface area contributed by atoms with Gasteiger partial charge in [-0.2, -0.15) is 0 Å². The monoisotopic (exact) mass is 231 g/mol. The third-order valence-electron chi connectivity index (χ3n) is 1.62. The third-order valence-corrected chi connectivity index (χ3v) is 2.40. The molecule has 0 aromatic carbocycles. The largest absolute Gasteiger partial charge is 0.384 e. The fraction of sp³-hybridized carbons (Fsp3) is 0.286. The first-order chi connectivity index (χ1) is 7.01. The van der Waals surface area contributed by atoms with Crippen LogP contribution in [0.15, 0.2) is 18.3 Å². The van der Waals surface area contributed by atoms with Crippen LogP contribution in [0.4, 0.5) is 11.5 Å². The van der Waals surface area contributed by atoms with Gasteiger partial charge in [0.05, 0.1) is 5.75 Å². The minimum Gasteiger partial charge on any atom is -0.384 e. The molecule has 1 aromatic rings. The summed E-state index contributed by atoms with van der Waals surface area (Å²) in [5, 5.41) is 7.72. The van der Waals surface area contributed by atoms with E-state index in [2.05, 4.69) is 15.7 Å². The van der Waals surface area contributed by atoms with E-state index in [1.54, 1.807) is 18.3 Å². The highest BCUT2D eigenvalue weighted by molar-refractivity contribution is 7.89. The van der Waals surface area contributed by atoms with Crippen LogP contribution in [0.2, 0.25) is 0 Å². The molecule has 0 atom stereocenters. The summed E-state index contributed by atoms with van der Waals surface area (Å²) in [6.45, 7) is 0.243. The highest BCUT2D eigenvalue weighted by Crippen LogP contribution is 2.09. The first kappa shape index (κ1) is 11.7. The SMILES string of the molecule is NNc1cc(NCCS(N)(=O)=O)ccn1. The number of nitrogens with zero attached hydrogens (tertiary/aromatic N) is 1. The zero-order valence-corrected chi connectivity index (χ0v) is 8.79. The standard InChI is InChI=1S/C7H13N5O2S/c8-12-7-5-6(1-2-11-7)10-3-4-15(9,13)14/h1-2,5H,3-4,8H2,(H2,9,13,14)(H2,10,11,12). The zero-order valence-electron chi connectivity index (χ0n) is 7.97. The van der Waals surface area contributed by atoms with Crippen LogP contribution in [0.3, 0.4) is 0 Å². The second-order valence-electron chi connectivity index (χ2n) is 2.87. The van der Waals surface area contributed by atoms with Gasteiger partial charge in [-0.3, -0.25) is 0 Å². The molecule has 0 aliphatic carbocycles. The molecule has 84 valence electrons. The number of aromatic nitrogens is 1. The van der Waals surface area contributed by atoms with Gasteiger partial charge in [0, 0.05) is 24.5 Å². The van der Waals surface area contributed by atoms with Crippen LogP contribution in [0, 0.1) is 0 Å². The molecule has 0 unspecified atom stereocenters. The van der Waals surface area contributed by atoms with Gasteiger partial charge in [0.25, 0.3) is 0 Å². The maximum absolute atomic E-state index is 10.6. The minimum absolute atomic E-state index is 0.124. The van der Waals surface area contributed by atoms with Crippen molar-refractivity contribution >= 4 is 21.5 Å². The lowest BCUT2D eigenvalue weighted by Crippen LogP contribution is -2.22. The maximum Gasteiger partial charge on any atom is 0.210 e. The quantitative estimate of drug-likeness (QED) is 0.383. The number of hydrogen-bond acceptors (Lipinski definition) is 6. The van der Waals surface area contributed by atoms with Crippen LogP contribution in [-0.4, -0.2) is 25.7 Å². The summed E-state index contributed by atoms with van der Waals surface area (Å²) in [5.41, 5.74) is 3.10. The number of rotatable bonds is 5. The predicted molar refractivity (Wildman–Crippen MR) is 58.5 cm³/mol. The van der Waals surface area contributed by atoms with Gasteiger partial charge in [0.2, 0.25) is 10.0 Å². The molecule has 0 saturated carbocycles. The van der Waals surface area contributed by atoms with Gasteiger partial charge in [0.1, 0.15) is 5.82 Å². The number of hydrazine groups is 1. The molecule has 0 spiro atoms. The predicted octanol–water partition coefficient (Wildman–Crippen LogP) is -0.932. The number of hydrogen-bond donors (Lipinski definition) is 4. The van der Waals surface area contributed by atoms with E-state index in [0.717, 1.165) is 5.69 Å². The highest BCUT2D eigenvalue weighted by atomic mass is 32.2. The molecular formula is C7H13N5O2S.